The first-order valence-electron chi connectivity index (χ1n) is 6.92. The number of anilines is 1. The number of aryl methyl sites for hydroxylation is 1. The lowest BCUT2D eigenvalue weighted by Gasteiger charge is -2.33. The zero-order valence-electron chi connectivity index (χ0n) is 12.1. The quantitative estimate of drug-likeness (QED) is 0.906. The second kappa shape index (κ2) is 6.25. The highest BCUT2D eigenvalue weighted by Crippen LogP contribution is 2.27. The van der Waals surface area contributed by atoms with Gasteiger partial charge in [0.25, 0.3) is 0 Å². The monoisotopic (exact) mass is 325 g/mol. The van der Waals surface area contributed by atoms with Crippen LogP contribution in [0.5, 0.6) is 0 Å². The lowest BCUT2D eigenvalue weighted by atomic mass is 10.1. The molecule has 1 aliphatic heterocycles. The van der Waals surface area contributed by atoms with Crippen LogP contribution >= 0.6 is 15.9 Å². The van der Waals surface area contributed by atoms with E-state index in [0.717, 1.165) is 19.6 Å². The van der Waals surface area contributed by atoms with Crippen LogP contribution in [0.3, 0.4) is 0 Å². The Labute approximate surface area is 124 Å². The molecular formula is C15H24BrN3. The van der Waals surface area contributed by atoms with Crippen LogP contribution in [0.25, 0.3) is 0 Å². The zero-order chi connectivity index (χ0) is 14.0. The van der Waals surface area contributed by atoms with E-state index >= 15 is 0 Å². The standard InChI is InChI=1S/C15H24BrN3/c1-11-8-18(3)10-14(7-17)19(9-11)13-5-4-12(2)15(16)6-13/h4-6,11,14H,7-10,17H2,1-3H3. The predicted octanol–water partition coefficient (Wildman–Crippen LogP) is 2.47. The van der Waals surface area contributed by atoms with Crippen molar-refractivity contribution in [3.8, 4) is 0 Å². The average molecular weight is 326 g/mol. The molecule has 1 heterocycles. The average Bonchev–Trinajstić information content (AvgIpc) is 2.50. The second-order valence-corrected chi connectivity index (χ2v) is 6.66. The van der Waals surface area contributed by atoms with Crippen LogP contribution in [0.2, 0.25) is 0 Å². The molecule has 1 aromatic rings. The number of halogens is 1. The molecule has 19 heavy (non-hydrogen) atoms. The molecule has 4 heteroatoms. The highest BCUT2D eigenvalue weighted by atomic mass is 79.9. The second-order valence-electron chi connectivity index (χ2n) is 5.80. The van der Waals surface area contributed by atoms with Crippen molar-refractivity contribution in [1.29, 1.82) is 0 Å². The van der Waals surface area contributed by atoms with Gasteiger partial charge >= 0.3 is 0 Å². The van der Waals surface area contributed by atoms with Gasteiger partial charge in [-0.25, -0.2) is 0 Å². The van der Waals surface area contributed by atoms with Gasteiger partial charge in [-0.15, -0.1) is 0 Å². The molecule has 106 valence electrons. The summed E-state index contributed by atoms with van der Waals surface area (Å²) in [6.45, 7) is 8.37. The molecule has 2 unspecified atom stereocenters. The third kappa shape index (κ3) is 3.50. The minimum absolute atomic E-state index is 0.393. The SMILES string of the molecule is Cc1ccc(N2CC(C)CN(C)CC2CN)cc1Br. The van der Waals surface area contributed by atoms with E-state index in [1.807, 2.05) is 0 Å². The van der Waals surface area contributed by atoms with E-state index < -0.39 is 0 Å². The molecule has 0 saturated carbocycles. The molecule has 0 spiro atoms. The molecule has 0 aliphatic carbocycles. The molecule has 1 saturated heterocycles. The molecule has 0 aromatic heterocycles. The van der Waals surface area contributed by atoms with Crippen LogP contribution in [0, 0.1) is 12.8 Å². The summed E-state index contributed by atoms with van der Waals surface area (Å²) in [5, 5.41) is 0. The maximum atomic E-state index is 6.00. The summed E-state index contributed by atoms with van der Waals surface area (Å²) < 4.78 is 1.17. The fraction of sp³-hybridized carbons (Fsp3) is 0.600. The van der Waals surface area contributed by atoms with Gasteiger partial charge in [0.05, 0.1) is 6.04 Å². The van der Waals surface area contributed by atoms with E-state index in [1.165, 1.54) is 15.7 Å². The lowest BCUT2D eigenvalue weighted by molar-refractivity contribution is 0.304. The Morgan fingerprint density at radius 1 is 1.32 bits per heavy atom. The highest BCUT2D eigenvalue weighted by Gasteiger charge is 2.26. The summed E-state index contributed by atoms with van der Waals surface area (Å²) in [5.41, 5.74) is 8.54. The van der Waals surface area contributed by atoms with Gasteiger partial charge in [0.15, 0.2) is 0 Å². The van der Waals surface area contributed by atoms with E-state index in [4.69, 9.17) is 5.73 Å². The molecule has 3 nitrogen and oxygen atoms in total. The van der Waals surface area contributed by atoms with Gasteiger partial charge in [-0.2, -0.15) is 0 Å². The maximum absolute atomic E-state index is 6.00. The van der Waals surface area contributed by atoms with Crippen molar-refractivity contribution in [1.82, 2.24) is 4.90 Å². The van der Waals surface area contributed by atoms with E-state index in [1.54, 1.807) is 0 Å². The summed E-state index contributed by atoms with van der Waals surface area (Å²) in [4.78, 5) is 4.86. The topological polar surface area (TPSA) is 32.5 Å². The number of hydrogen-bond acceptors (Lipinski definition) is 3. The number of benzene rings is 1. The molecule has 1 aliphatic rings. The lowest BCUT2D eigenvalue weighted by Crippen LogP contribution is -2.45. The fourth-order valence-electron chi connectivity index (χ4n) is 2.89. The Morgan fingerprint density at radius 3 is 2.68 bits per heavy atom. The molecule has 1 aromatic carbocycles. The van der Waals surface area contributed by atoms with Crippen LogP contribution in [0.15, 0.2) is 22.7 Å². The van der Waals surface area contributed by atoms with Crippen LogP contribution < -0.4 is 10.6 Å². The highest BCUT2D eigenvalue weighted by molar-refractivity contribution is 9.10. The number of likely N-dealkylation sites (N-methyl/N-ethyl adjacent to an activating group) is 1. The molecule has 0 bridgehead atoms. The van der Waals surface area contributed by atoms with E-state index in [2.05, 4.69) is 64.8 Å². The number of nitrogens with two attached hydrogens (primary N) is 1. The minimum Gasteiger partial charge on any atom is -0.366 e. The Hall–Kier alpha value is -0.580. The van der Waals surface area contributed by atoms with Crippen molar-refractivity contribution in [3.63, 3.8) is 0 Å². The predicted molar refractivity (Wildman–Crippen MR) is 85.7 cm³/mol. The van der Waals surface area contributed by atoms with Crippen molar-refractivity contribution in [3.05, 3.63) is 28.2 Å². The molecule has 0 amide bonds. The van der Waals surface area contributed by atoms with Crippen molar-refractivity contribution in [2.75, 3.05) is 38.1 Å². The van der Waals surface area contributed by atoms with Gasteiger partial charge in [-0.1, -0.05) is 28.9 Å². The fourth-order valence-corrected chi connectivity index (χ4v) is 3.25. The van der Waals surface area contributed by atoms with E-state index in [-0.39, 0.29) is 0 Å². The zero-order valence-corrected chi connectivity index (χ0v) is 13.7. The molecule has 0 radical (unpaired) electrons. The molecule has 1 fully saturated rings. The van der Waals surface area contributed by atoms with Gasteiger partial charge in [0.1, 0.15) is 0 Å². The Balaban J connectivity index is 2.30. The Kier molecular flexibility index (Phi) is 4.87. The normalized spacial score (nSPS) is 25.4. The molecule has 2 atom stereocenters. The molecular weight excluding hydrogens is 302 g/mol. The Bertz CT molecular complexity index is 435. The first kappa shape index (κ1) is 14.8. The van der Waals surface area contributed by atoms with Gasteiger partial charge in [-0.3, -0.25) is 0 Å². The van der Waals surface area contributed by atoms with Gasteiger partial charge in [0, 0.05) is 36.3 Å². The summed E-state index contributed by atoms with van der Waals surface area (Å²) >= 11 is 3.63. The van der Waals surface area contributed by atoms with Gasteiger partial charge < -0.3 is 15.5 Å². The van der Waals surface area contributed by atoms with Crippen LogP contribution in [-0.2, 0) is 0 Å². The smallest absolute Gasteiger partial charge is 0.0539 e. The summed E-state index contributed by atoms with van der Waals surface area (Å²) in [6.07, 6.45) is 0. The Morgan fingerprint density at radius 2 is 2.05 bits per heavy atom. The van der Waals surface area contributed by atoms with E-state index in [9.17, 15) is 0 Å². The van der Waals surface area contributed by atoms with Crippen molar-refractivity contribution >= 4 is 21.6 Å². The van der Waals surface area contributed by atoms with Crippen molar-refractivity contribution in [2.24, 2.45) is 11.7 Å². The summed E-state index contributed by atoms with van der Waals surface area (Å²) in [6, 6.07) is 6.99. The first-order chi connectivity index (χ1) is 9.01. The summed E-state index contributed by atoms with van der Waals surface area (Å²) in [7, 11) is 2.19. The molecule has 2 N–H and O–H groups in total. The number of rotatable bonds is 2. The maximum Gasteiger partial charge on any atom is 0.0539 e. The summed E-state index contributed by atoms with van der Waals surface area (Å²) in [5.74, 6) is 0.654. The number of nitrogens with zero attached hydrogens (tertiary/aromatic N) is 2. The largest absolute Gasteiger partial charge is 0.366 e. The van der Waals surface area contributed by atoms with Gasteiger partial charge in [0.2, 0.25) is 0 Å². The van der Waals surface area contributed by atoms with Crippen LogP contribution in [0.1, 0.15) is 12.5 Å². The van der Waals surface area contributed by atoms with Gasteiger partial charge in [-0.05, 0) is 37.6 Å². The van der Waals surface area contributed by atoms with Crippen molar-refractivity contribution < 1.29 is 0 Å². The third-order valence-corrected chi connectivity index (χ3v) is 4.71. The third-order valence-electron chi connectivity index (χ3n) is 3.85. The molecule has 2 rings (SSSR count). The first-order valence-corrected chi connectivity index (χ1v) is 7.72. The minimum atomic E-state index is 0.393. The van der Waals surface area contributed by atoms with Crippen LogP contribution in [-0.4, -0.2) is 44.2 Å². The van der Waals surface area contributed by atoms with Crippen molar-refractivity contribution in [2.45, 2.75) is 19.9 Å². The van der Waals surface area contributed by atoms with Crippen LogP contribution in [0.4, 0.5) is 5.69 Å². The van der Waals surface area contributed by atoms with E-state index in [0.29, 0.717) is 18.5 Å². The number of hydrogen-bond donors (Lipinski definition) is 1.